The van der Waals surface area contributed by atoms with Gasteiger partial charge in [-0.3, -0.25) is 4.90 Å². The van der Waals surface area contributed by atoms with Crippen molar-refractivity contribution in [3.05, 3.63) is 0 Å². The Bertz CT molecular complexity index is 163. The maximum absolute atomic E-state index is 3.61. The van der Waals surface area contributed by atoms with Crippen LogP contribution >= 0.6 is 0 Å². The zero-order valence-electron chi connectivity index (χ0n) is 9.72. The third-order valence-corrected chi connectivity index (χ3v) is 3.10. The third-order valence-electron chi connectivity index (χ3n) is 3.10. The van der Waals surface area contributed by atoms with Gasteiger partial charge in [-0.25, -0.2) is 0 Å². The van der Waals surface area contributed by atoms with E-state index in [4.69, 9.17) is 0 Å². The summed E-state index contributed by atoms with van der Waals surface area (Å²) in [6.45, 7) is 13.8. The predicted octanol–water partition coefficient (Wildman–Crippen LogP) is 1.86. The Morgan fingerprint density at radius 3 is 2.54 bits per heavy atom. The van der Waals surface area contributed by atoms with Crippen LogP contribution in [0.15, 0.2) is 0 Å². The fraction of sp³-hybridized carbons (Fsp3) is 1.00. The van der Waals surface area contributed by atoms with Crippen LogP contribution in [0.25, 0.3) is 0 Å². The van der Waals surface area contributed by atoms with Crippen LogP contribution < -0.4 is 5.32 Å². The monoisotopic (exact) mass is 184 g/mol. The van der Waals surface area contributed by atoms with E-state index in [0.29, 0.717) is 17.6 Å². The highest BCUT2D eigenvalue weighted by molar-refractivity contribution is 4.87. The van der Waals surface area contributed by atoms with Crippen LogP contribution in [-0.4, -0.2) is 35.6 Å². The number of hydrogen-bond acceptors (Lipinski definition) is 2. The predicted molar refractivity (Wildman–Crippen MR) is 58.0 cm³/mol. The zero-order valence-corrected chi connectivity index (χ0v) is 9.72. The van der Waals surface area contributed by atoms with E-state index in [1.807, 2.05) is 0 Å². The van der Waals surface area contributed by atoms with Crippen molar-refractivity contribution in [1.29, 1.82) is 0 Å². The van der Waals surface area contributed by atoms with E-state index >= 15 is 0 Å². The highest BCUT2D eigenvalue weighted by Gasteiger charge is 2.27. The Kier molecular flexibility index (Phi) is 3.36. The highest BCUT2D eigenvalue weighted by Crippen LogP contribution is 2.17. The summed E-state index contributed by atoms with van der Waals surface area (Å²) < 4.78 is 0. The number of hydrogen-bond donors (Lipinski definition) is 1. The summed E-state index contributed by atoms with van der Waals surface area (Å²) in [5.74, 6) is 0. The van der Waals surface area contributed by atoms with E-state index in [9.17, 15) is 0 Å². The first-order valence-corrected chi connectivity index (χ1v) is 5.43. The molecule has 13 heavy (non-hydrogen) atoms. The molecule has 1 heterocycles. The minimum atomic E-state index is 0.317. The molecule has 0 amide bonds. The lowest BCUT2D eigenvalue weighted by Gasteiger charge is -2.30. The molecule has 0 aliphatic carbocycles. The Balaban J connectivity index is 2.60. The van der Waals surface area contributed by atoms with Crippen molar-refractivity contribution in [2.24, 2.45) is 0 Å². The van der Waals surface area contributed by atoms with Gasteiger partial charge in [0.15, 0.2) is 0 Å². The van der Waals surface area contributed by atoms with Gasteiger partial charge < -0.3 is 5.32 Å². The summed E-state index contributed by atoms with van der Waals surface area (Å²) in [4.78, 5) is 2.59. The second-order valence-corrected chi connectivity index (χ2v) is 5.20. The quantitative estimate of drug-likeness (QED) is 0.669. The number of rotatable bonds is 1. The van der Waals surface area contributed by atoms with E-state index < -0.39 is 0 Å². The molecule has 1 rings (SSSR count). The second-order valence-electron chi connectivity index (χ2n) is 5.20. The van der Waals surface area contributed by atoms with Gasteiger partial charge in [-0.05, 0) is 41.0 Å². The molecule has 1 N–H and O–H groups in total. The molecule has 2 heteroatoms. The van der Waals surface area contributed by atoms with Gasteiger partial charge in [0.1, 0.15) is 0 Å². The van der Waals surface area contributed by atoms with Gasteiger partial charge in [0, 0.05) is 30.7 Å². The van der Waals surface area contributed by atoms with Crippen LogP contribution in [0.5, 0.6) is 0 Å². The Hall–Kier alpha value is -0.0800. The average molecular weight is 184 g/mol. The molecule has 0 aromatic rings. The lowest BCUT2D eigenvalue weighted by Crippen LogP contribution is -2.43. The van der Waals surface area contributed by atoms with Gasteiger partial charge in [0.25, 0.3) is 0 Å². The van der Waals surface area contributed by atoms with Crippen LogP contribution in [0, 0.1) is 0 Å². The fourth-order valence-corrected chi connectivity index (χ4v) is 2.03. The average Bonchev–Trinajstić information content (AvgIpc) is 2.11. The molecule has 0 saturated carbocycles. The third kappa shape index (κ3) is 2.96. The van der Waals surface area contributed by atoms with Crippen molar-refractivity contribution in [3.8, 4) is 0 Å². The van der Waals surface area contributed by atoms with Crippen LogP contribution in [0.3, 0.4) is 0 Å². The Morgan fingerprint density at radius 2 is 2.00 bits per heavy atom. The zero-order chi connectivity index (χ0) is 10.1. The summed E-state index contributed by atoms with van der Waals surface area (Å²) in [6, 6.07) is 1.34. The molecule has 0 unspecified atom stereocenters. The van der Waals surface area contributed by atoms with Crippen LogP contribution in [0.1, 0.15) is 41.0 Å². The van der Waals surface area contributed by atoms with Crippen molar-refractivity contribution >= 4 is 0 Å². The summed E-state index contributed by atoms with van der Waals surface area (Å²) in [6.07, 6.45) is 1.25. The van der Waals surface area contributed by atoms with Gasteiger partial charge in [0.2, 0.25) is 0 Å². The molecule has 0 aromatic heterocycles. The maximum Gasteiger partial charge on any atom is 0.0195 e. The molecule has 0 radical (unpaired) electrons. The van der Waals surface area contributed by atoms with Crippen molar-refractivity contribution in [3.63, 3.8) is 0 Å². The van der Waals surface area contributed by atoms with Gasteiger partial charge in [0.05, 0.1) is 0 Å². The first-order chi connectivity index (χ1) is 5.92. The molecule has 0 aromatic carbocycles. The van der Waals surface area contributed by atoms with Gasteiger partial charge >= 0.3 is 0 Å². The van der Waals surface area contributed by atoms with Crippen LogP contribution in [-0.2, 0) is 0 Å². The van der Waals surface area contributed by atoms with Crippen LogP contribution in [0.2, 0.25) is 0 Å². The summed E-state index contributed by atoms with van der Waals surface area (Å²) >= 11 is 0. The van der Waals surface area contributed by atoms with E-state index in [1.165, 1.54) is 13.0 Å². The lowest BCUT2D eigenvalue weighted by molar-refractivity contribution is 0.174. The normalized spacial score (nSPS) is 30.5. The first kappa shape index (κ1) is 11.0. The van der Waals surface area contributed by atoms with Crippen LogP contribution in [0.4, 0.5) is 0 Å². The Morgan fingerprint density at radius 1 is 1.38 bits per heavy atom. The minimum absolute atomic E-state index is 0.317. The van der Waals surface area contributed by atoms with Crippen molar-refractivity contribution in [2.45, 2.75) is 58.7 Å². The highest BCUT2D eigenvalue weighted by atomic mass is 15.2. The standard InChI is InChI=1S/C11H24N2/c1-9(2)13-7-6-11(4,5)12-8-10(13)3/h9-10,12H,6-8H2,1-5H3/t10-/m0/s1. The molecule has 0 spiro atoms. The minimum Gasteiger partial charge on any atom is -0.310 e. The second kappa shape index (κ2) is 3.97. The smallest absolute Gasteiger partial charge is 0.0195 e. The molecular weight excluding hydrogens is 160 g/mol. The summed E-state index contributed by atoms with van der Waals surface area (Å²) in [5, 5.41) is 3.61. The molecule has 78 valence electrons. The van der Waals surface area contributed by atoms with Gasteiger partial charge in [-0.2, -0.15) is 0 Å². The largest absolute Gasteiger partial charge is 0.310 e. The molecule has 0 bridgehead atoms. The topological polar surface area (TPSA) is 15.3 Å². The van der Waals surface area contributed by atoms with Crippen molar-refractivity contribution in [2.75, 3.05) is 13.1 Å². The van der Waals surface area contributed by atoms with Gasteiger partial charge in [-0.1, -0.05) is 0 Å². The molecule has 1 atom stereocenters. The van der Waals surface area contributed by atoms with Crippen molar-refractivity contribution < 1.29 is 0 Å². The van der Waals surface area contributed by atoms with E-state index in [2.05, 4.69) is 44.8 Å². The van der Waals surface area contributed by atoms with E-state index in [-0.39, 0.29) is 0 Å². The molecule has 1 aliphatic heterocycles. The number of nitrogens with zero attached hydrogens (tertiary/aromatic N) is 1. The summed E-state index contributed by atoms with van der Waals surface area (Å²) in [5.41, 5.74) is 0.317. The first-order valence-electron chi connectivity index (χ1n) is 5.43. The maximum atomic E-state index is 3.61. The number of nitrogens with one attached hydrogen (secondary N) is 1. The molecule has 1 aliphatic rings. The Labute approximate surface area is 82.7 Å². The van der Waals surface area contributed by atoms with E-state index in [0.717, 1.165) is 6.54 Å². The molecule has 2 nitrogen and oxygen atoms in total. The SMILES string of the molecule is CC(C)N1CCC(C)(C)NC[C@@H]1C. The lowest BCUT2D eigenvalue weighted by atomic mass is 10.0. The van der Waals surface area contributed by atoms with Crippen molar-refractivity contribution in [1.82, 2.24) is 10.2 Å². The fourth-order valence-electron chi connectivity index (χ4n) is 2.03. The van der Waals surface area contributed by atoms with E-state index in [1.54, 1.807) is 0 Å². The molecule has 1 saturated heterocycles. The summed E-state index contributed by atoms with van der Waals surface area (Å²) in [7, 11) is 0. The molecule has 1 fully saturated rings. The van der Waals surface area contributed by atoms with Gasteiger partial charge in [-0.15, -0.1) is 0 Å². The molecular formula is C11H24N2.